The number of hydrogen-bond donors (Lipinski definition) is 0. The van der Waals surface area contributed by atoms with E-state index in [0.717, 1.165) is 24.1 Å². The fraction of sp³-hybridized carbons (Fsp3) is 0.385. The molecule has 1 radical (unpaired) electrons. The van der Waals surface area contributed by atoms with Crippen molar-refractivity contribution in [2.45, 2.75) is 44.2 Å². The van der Waals surface area contributed by atoms with Gasteiger partial charge in [0, 0.05) is 27.3 Å². The Kier molecular flexibility index (Phi) is 9.96. The number of carbonyl (C=O) groups excluding carboxylic acids is 2. The minimum absolute atomic E-state index is 0. The maximum Gasteiger partial charge on any atom is 0 e. The molecule has 9 nitrogen and oxygen atoms in total. The summed E-state index contributed by atoms with van der Waals surface area (Å²) in [6, 6.07) is 10.4. The van der Waals surface area contributed by atoms with Crippen LogP contribution in [-0.4, -0.2) is 78.2 Å². The van der Waals surface area contributed by atoms with Crippen LogP contribution in [0.2, 0.25) is 0 Å². The molecule has 12 heteroatoms. The SMILES string of the molecule is C=CCOC(=O)N1c2cc(O[SH-]#P)c(OC)cc2C(=O)N2c3ccccc3C[C@H]2C1OC1CCCCO1.[Tl]. The fourth-order valence-electron chi connectivity index (χ4n) is 5.06. The van der Waals surface area contributed by atoms with Crippen LogP contribution in [0, 0.1) is 0 Å². The average Bonchev–Trinajstić information content (AvgIpc) is 3.27. The summed E-state index contributed by atoms with van der Waals surface area (Å²) in [6.45, 7) is 4.21. The summed E-state index contributed by atoms with van der Waals surface area (Å²) in [6.07, 6.45) is 2.46. The Morgan fingerprint density at radius 2 is 2.05 bits per heavy atom. The van der Waals surface area contributed by atoms with Crippen molar-refractivity contribution in [1.82, 2.24) is 0 Å². The molecule has 2 amide bonds. The standard InChI is InChI=1S/C26H28N2O7PS.Tl/c1-3-11-33-26(30)28-19-15-22(35-37-36)21(31-2)14-17(19)24(29)27-18-9-5-4-8-16(18)13-20(27)25(28)34-23-10-6-7-12-32-23;/h3-5,8-9,14-15,20,23,25,37H,1,6-7,10-13H2,2H3;/q-1;/t20-,23?,25?;/m0./s1. The van der Waals surface area contributed by atoms with Gasteiger partial charge < -0.3 is 0 Å². The van der Waals surface area contributed by atoms with Crippen LogP contribution >= 0.6 is 7.81 Å². The molecule has 3 aliphatic heterocycles. The number of fused-ring (bicyclic) bond motifs is 4. The van der Waals surface area contributed by atoms with Crippen LogP contribution in [0.3, 0.4) is 0 Å². The third kappa shape index (κ3) is 5.56. The molecular weight excluding hydrogens is 720 g/mol. The van der Waals surface area contributed by atoms with Gasteiger partial charge in [0.25, 0.3) is 0 Å². The number of nitrogens with zero attached hydrogens (tertiary/aromatic N) is 2. The first-order chi connectivity index (χ1) is 18.1. The molecule has 2 aromatic rings. The Morgan fingerprint density at radius 1 is 1.24 bits per heavy atom. The monoisotopic (exact) mass is 748 g/mol. The second-order valence-electron chi connectivity index (χ2n) is 8.83. The maximum atomic E-state index is 14.2. The van der Waals surface area contributed by atoms with E-state index in [2.05, 4.69) is 14.4 Å². The van der Waals surface area contributed by atoms with E-state index in [1.165, 1.54) is 18.1 Å². The van der Waals surface area contributed by atoms with Crippen molar-refractivity contribution in [3.8, 4) is 11.5 Å². The van der Waals surface area contributed by atoms with E-state index in [9.17, 15) is 9.59 Å². The van der Waals surface area contributed by atoms with E-state index < -0.39 is 24.7 Å². The van der Waals surface area contributed by atoms with Gasteiger partial charge in [-0.3, -0.25) is 0 Å². The van der Waals surface area contributed by atoms with Crippen LogP contribution in [0.4, 0.5) is 16.2 Å². The number of methoxy groups -OCH3 is 1. The zero-order chi connectivity index (χ0) is 25.9. The molecule has 0 saturated carbocycles. The quantitative estimate of drug-likeness (QED) is 0.143. The Morgan fingerprint density at radius 3 is 2.76 bits per heavy atom. The van der Waals surface area contributed by atoms with Crippen molar-refractivity contribution >= 4 is 69.5 Å². The molecule has 1 fully saturated rings. The van der Waals surface area contributed by atoms with E-state index in [1.54, 1.807) is 17.0 Å². The van der Waals surface area contributed by atoms with E-state index >= 15 is 0 Å². The molecule has 1 saturated heterocycles. The van der Waals surface area contributed by atoms with Gasteiger partial charge in [-0.1, -0.05) is 0 Å². The van der Waals surface area contributed by atoms with Gasteiger partial charge in [0.15, 0.2) is 0 Å². The number of amides is 2. The second-order valence-corrected chi connectivity index (χ2v) is 9.66. The minimum Gasteiger partial charge on any atom is 0 e. The smallest absolute Gasteiger partial charge is 0 e. The summed E-state index contributed by atoms with van der Waals surface area (Å²) < 4.78 is 29.1. The predicted molar refractivity (Wildman–Crippen MR) is 148 cm³/mol. The summed E-state index contributed by atoms with van der Waals surface area (Å²) >= 11 is 0.321. The molecule has 3 heterocycles. The van der Waals surface area contributed by atoms with Crippen molar-refractivity contribution in [2.24, 2.45) is 0 Å². The number of anilines is 2. The normalized spacial score (nSPS) is 21.8. The molecular formula is C26H28N2O7PSTl-. The van der Waals surface area contributed by atoms with Crippen LogP contribution in [0.25, 0.3) is 0 Å². The van der Waals surface area contributed by atoms with E-state index in [1.807, 2.05) is 24.3 Å². The van der Waals surface area contributed by atoms with Crippen LogP contribution in [-0.2, 0) is 31.7 Å². The first kappa shape index (κ1) is 29.1. The number of ether oxygens (including phenoxy) is 4. The van der Waals surface area contributed by atoms with Crippen LogP contribution < -0.4 is 18.7 Å². The third-order valence-corrected chi connectivity index (χ3v) is 7.20. The second kappa shape index (κ2) is 13.0. The van der Waals surface area contributed by atoms with E-state index in [0.29, 0.717) is 47.7 Å². The number of rotatable bonds is 6. The zero-order valence-electron chi connectivity index (χ0n) is 20.9. The first-order valence-electron chi connectivity index (χ1n) is 12.1. The van der Waals surface area contributed by atoms with Gasteiger partial charge in [-0.15, -0.1) is 0 Å². The van der Waals surface area contributed by atoms with Gasteiger partial charge in [0.1, 0.15) is 0 Å². The Labute approximate surface area is 247 Å². The van der Waals surface area contributed by atoms with Crippen LogP contribution in [0.15, 0.2) is 49.1 Å². The van der Waals surface area contributed by atoms with Crippen molar-refractivity contribution in [3.63, 3.8) is 0 Å². The number of para-hydroxylation sites is 1. The van der Waals surface area contributed by atoms with Gasteiger partial charge in [-0.05, 0) is 0 Å². The molecule has 0 spiro atoms. The third-order valence-electron chi connectivity index (χ3n) is 6.68. The summed E-state index contributed by atoms with van der Waals surface area (Å²) in [7, 11) is 5.63. The molecule has 3 atom stereocenters. The fourth-order valence-corrected chi connectivity index (χ4v) is 5.56. The molecule has 199 valence electrons. The van der Waals surface area contributed by atoms with Gasteiger partial charge >= 0.3 is 221 Å². The summed E-state index contributed by atoms with van der Waals surface area (Å²) in [5.74, 6) is 0.379. The topological polar surface area (TPSA) is 86.8 Å². The van der Waals surface area contributed by atoms with Gasteiger partial charge in [0.05, 0.1) is 0 Å². The zero-order valence-corrected chi connectivity index (χ0v) is 27.2. The molecule has 2 aromatic carbocycles. The first-order valence-corrected chi connectivity index (χ1v) is 14.0. The number of hydrogen-bond acceptors (Lipinski definition) is 8. The molecule has 3 aliphatic rings. The largest absolute Gasteiger partial charge is 0 e. The summed E-state index contributed by atoms with van der Waals surface area (Å²) in [5.41, 5.74) is 2.31. The molecule has 5 rings (SSSR count). The van der Waals surface area contributed by atoms with Crippen molar-refractivity contribution in [1.29, 1.82) is 0 Å². The predicted octanol–water partition coefficient (Wildman–Crippen LogP) is 4.33. The minimum atomic E-state index is -0.896. The molecule has 0 N–H and O–H groups in total. The Bertz CT molecular complexity index is 1270. The van der Waals surface area contributed by atoms with Crippen LogP contribution in [0.5, 0.6) is 11.5 Å². The van der Waals surface area contributed by atoms with Crippen molar-refractivity contribution < 1.29 is 32.7 Å². The molecule has 0 aromatic heterocycles. The molecule has 0 bridgehead atoms. The molecule has 38 heavy (non-hydrogen) atoms. The molecule has 2 unspecified atom stereocenters. The Balaban J connectivity index is 0.00000336. The number of benzene rings is 2. The van der Waals surface area contributed by atoms with Gasteiger partial charge in [0.2, 0.25) is 0 Å². The average molecular weight is 748 g/mol. The van der Waals surface area contributed by atoms with Crippen molar-refractivity contribution in [2.75, 3.05) is 30.1 Å². The molecule has 0 aliphatic carbocycles. The van der Waals surface area contributed by atoms with Gasteiger partial charge in [-0.25, -0.2) is 0 Å². The number of carbonyl (C=O) groups is 2. The van der Waals surface area contributed by atoms with Crippen molar-refractivity contribution in [3.05, 3.63) is 60.2 Å². The van der Waals surface area contributed by atoms with E-state index in [-0.39, 0.29) is 45.4 Å². The summed E-state index contributed by atoms with van der Waals surface area (Å²) in [4.78, 5) is 30.9. The van der Waals surface area contributed by atoms with E-state index in [4.69, 9.17) is 23.1 Å². The van der Waals surface area contributed by atoms with Crippen LogP contribution in [0.1, 0.15) is 35.2 Å². The maximum absolute atomic E-state index is 14.2. The number of thiol groups is 1. The Hall–Kier alpha value is -1.86. The van der Waals surface area contributed by atoms with Gasteiger partial charge in [-0.2, -0.15) is 0 Å². The summed E-state index contributed by atoms with van der Waals surface area (Å²) in [5, 5.41) is 0.